The van der Waals surface area contributed by atoms with Gasteiger partial charge in [-0.25, -0.2) is 0 Å². The molecule has 0 bridgehead atoms. The standard InChI is InChI=1S/C32H33N3O/c1-25(35(18-19-36)22-26-12-15-30(16-13-26)28-8-4-3-5-9-28)32-23-34(24-33(32)2)21-27-14-17-29-10-6-7-11-31(29)20-27/h3-17,19-20,32H,1,18,21-24H2,2H3. The maximum atomic E-state index is 11.6. The van der Waals surface area contributed by atoms with E-state index in [4.69, 9.17) is 0 Å². The Balaban J connectivity index is 1.25. The van der Waals surface area contributed by atoms with Gasteiger partial charge < -0.3 is 9.69 Å². The van der Waals surface area contributed by atoms with E-state index in [2.05, 4.69) is 119 Å². The minimum absolute atomic E-state index is 0.175. The Kier molecular flexibility index (Phi) is 7.26. The maximum Gasteiger partial charge on any atom is 0.139 e. The number of hydrogen-bond donors (Lipinski definition) is 0. The third-order valence-corrected chi connectivity index (χ3v) is 7.13. The summed E-state index contributed by atoms with van der Waals surface area (Å²) >= 11 is 0. The number of rotatable bonds is 9. The molecule has 0 radical (unpaired) electrons. The zero-order valence-corrected chi connectivity index (χ0v) is 20.9. The largest absolute Gasteiger partial charge is 0.363 e. The normalized spacial score (nSPS) is 16.3. The molecule has 5 rings (SSSR count). The molecule has 4 heteroatoms. The predicted molar refractivity (Wildman–Crippen MR) is 148 cm³/mol. The lowest BCUT2D eigenvalue weighted by molar-refractivity contribution is -0.108. The number of hydrogen-bond acceptors (Lipinski definition) is 4. The lowest BCUT2D eigenvalue weighted by Gasteiger charge is -2.31. The van der Waals surface area contributed by atoms with Gasteiger partial charge in [0, 0.05) is 25.3 Å². The predicted octanol–water partition coefficient (Wildman–Crippen LogP) is 5.80. The van der Waals surface area contributed by atoms with Crippen LogP contribution in [0.2, 0.25) is 0 Å². The highest BCUT2D eigenvalue weighted by Crippen LogP contribution is 2.25. The molecule has 1 saturated heterocycles. The highest BCUT2D eigenvalue weighted by atomic mass is 16.1. The van der Waals surface area contributed by atoms with Crippen LogP contribution in [0.5, 0.6) is 0 Å². The molecule has 1 atom stereocenters. The molecule has 36 heavy (non-hydrogen) atoms. The van der Waals surface area contributed by atoms with Gasteiger partial charge in [0.05, 0.1) is 19.3 Å². The summed E-state index contributed by atoms with van der Waals surface area (Å²) in [4.78, 5) is 18.5. The van der Waals surface area contributed by atoms with E-state index in [9.17, 15) is 4.79 Å². The van der Waals surface area contributed by atoms with Crippen LogP contribution in [0.3, 0.4) is 0 Å². The number of fused-ring (bicyclic) bond motifs is 1. The maximum absolute atomic E-state index is 11.6. The second-order valence-corrected chi connectivity index (χ2v) is 9.71. The average Bonchev–Trinajstić information content (AvgIpc) is 3.28. The molecule has 0 amide bonds. The third-order valence-electron chi connectivity index (χ3n) is 7.13. The van der Waals surface area contributed by atoms with Gasteiger partial charge in [-0.1, -0.05) is 97.6 Å². The fraction of sp³-hybridized carbons (Fsp3) is 0.219. The molecule has 1 aliphatic rings. The van der Waals surface area contributed by atoms with Gasteiger partial charge in [-0.2, -0.15) is 0 Å². The molecule has 4 aromatic carbocycles. The highest BCUT2D eigenvalue weighted by molar-refractivity contribution is 5.83. The van der Waals surface area contributed by atoms with Crippen LogP contribution in [0.15, 0.2) is 109 Å². The van der Waals surface area contributed by atoms with Gasteiger partial charge in [0.2, 0.25) is 0 Å². The van der Waals surface area contributed by atoms with Crippen LogP contribution in [0, 0.1) is 0 Å². The van der Waals surface area contributed by atoms with Crippen LogP contribution < -0.4 is 0 Å². The van der Waals surface area contributed by atoms with Crippen molar-refractivity contribution in [1.82, 2.24) is 14.7 Å². The number of benzene rings is 4. The zero-order valence-electron chi connectivity index (χ0n) is 20.9. The molecule has 182 valence electrons. The minimum Gasteiger partial charge on any atom is -0.363 e. The van der Waals surface area contributed by atoms with E-state index in [1.165, 1.54) is 33.0 Å². The fourth-order valence-corrected chi connectivity index (χ4v) is 5.16. The van der Waals surface area contributed by atoms with E-state index in [-0.39, 0.29) is 6.04 Å². The van der Waals surface area contributed by atoms with Crippen molar-refractivity contribution in [2.24, 2.45) is 0 Å². The van der Waals surface area contributed by atoms with Crippen molar-refractivity contribution < 1.29 is 4.79 Å². The Morgan fingerprint density at radius 2 is 1.56 bits per heavy atom. The molecule has 1 heterocycles. The molecular formula is C32H33N3O. The van der Waals surface area contributed by atoms with Crippen LogP contribution in [0.4, 0.5) is 0 Å². The lowest BCUT2D eigenvalue weighted by Crippen LogP contribution is -2.38. The SMILES string of the molecule is C=C(C1CN(Cc2ccc3ccccc3c2)CN1C)N(CC=O)Cc1ccc(-c2ccccc2)cc1. The number of likely N-dealkylation sites (N-methyl/N-ethyl adjacent to an activating group) is 1. The van der Waals surface area contributed by atoms with E-state index >= 15 is 0 Å². The van der Waals surface area contributed by atoms with Crippen LogP contribution >= 0.6 is 0 Å². The summed E-state index contributed by atoms with van der Waals surface area (Å²) in [6.07, 6.45) is 0.977. The first-order chi connectivity index (χ1) is 17.6. The zero-order chi connectivity index (χ0) is 24.9. The Bertz CT molecular complexity index is 1330. The van der Waals surface area contributed by atoms with Crippen molar-refractivity contribution in [3.05, 3.63) is 120 Å². The van der Waals surface area contributed by atoms with Crippen molar-refractivity contribution in [1.29, 1.82) is 0 Å². The van der Waals surface area contributed by atoms with Gasteiger partial charge in [0.1, 0.15) is 6.29 Å². The van der Waals surface area contributed by atoms with Crippen LogP contribution in [0.25, 0.3) is 21.9 Å². The number of aldehydes is 1. The minimum atomic E-state index is 0.175. The molecule has 0 aliphatic carbocycles. The quantitative estimate of drug-likeness (QED) is 0.286. The summed E-state index contributed by atoms with van der Waals surface area (Å²) in [6, 6.07) is 34.4. The second-order valence-electron chi connectivity index (χ2n) is 9.71. The molecular weight excluding hydrogens is 442 g/mol. The van der Waals surface area contributed by atoms with E-state index in [0.717, 1.165) is 31.7 Å². The van der Waals surface area contributed by atoms with E-state index in [0.29, 0.717) is 13.1 Å². The summed E-state index contributed by atoms with van der Waals surface area (Å²) < 4.78 is 0. The van der Waals surface area contributed by atoms with Gasteiger partial charge in [0.15, 0.2) is 0 Å². The van der Waals surface area contributed by atoms with Crippen molar-refractivity contribution in [3.63, 3.8) is 0 Å². The van der Waals surface area contributed by atoms with E-state index in [1.54, 1.807) is 0 Å². The summed E-state index contributed by atoms with van der Waals surface area (Å²) in [5.74, 6) is 0. The Hall–Kier alpha value is -3.73. The van der Waals surface area contributed by atoms with Crippen LogP contribution in [0.1, 0.15) is 11.1 Å². The van der Waals surface area contributed by atoms with Crippen molar-refractivity contribution in [2.45, 2.75) is 19.1 Å². The van der Waals surface area contributed by atoms with Gasteiger partial charge in [-0.05, 0) is 46.1 Å². The molecule has 1 unspecified atom stereocenters. The van der Waals surface area contributed by atoms with E-state index in [1.807, 2.05) is 6.07 Å². The molecule has 0 aromatic heterocycles. The lowest BCUT2D eigenvalue weighted by atomic mass is 10.0. The molecule has 4 aromatic rings. The van der Waals surface area contributed by atoms with Crippen molar-refractivity contribution >= 4 is 17.1 Å². The Morgan fingerprint density at radius 1 is 0.889 bits per heavy atom. The summed E-state index contributed by atoms with van der Waals surface area (Å²) in [7, 11) is 2.14. The second kappa shape index (κ2) is 10.9. The molecule has 4 nitrogen and oxygen atoms in total. The monoisotopic (exact) mass is 475 g/mol. The van der Waals surface area contributed by atoms with Crippen LogP contribution in [-0.2, 0) is 17.9 Å². The van der Waals surface area contributed by atoms with Crippen LogP contribution in [-0.4, -0.2) is 53.8 Å². The number of carbonyl (C=O) groups excluding carboxylic acids is 1. The smallest absolute Gasteiger partial charge is 0.139 e. The molecule has 1 aliphatic heterocycles. The summed E-state index contributed by atoms with van der Waals surface area (Å²) in [6.45, 7) is 8.12. The topological polar surface area (TPSA) is 26.8 Å². The highest BCUT2D eigenvalue weighted by Gasteiger charge is 2.31. The van der Waals surface area contributed by atoms with Crippen molar-refractivity contribution in [2.75, 3.05) is 26.8 Å². The van der Waals surface area contributed by atoms with Gasteiger partial charge in [-0.3, -0.25) is 9.80 Å². The number of carbonyl (C=O) groups is 1. The summed E-state index contributed by atoms with van der Waals surface area (Å²) in [5, 5.41) is 2.55. The fourth-order valence-electron chi connectivity index (χ4n) is 5.16. The average molecular weight is 476 g/mol. The van der Waals surface area contributed by atoms with Gasteiger partial charge in [-0.15, -0.1) is 0 Å². The van der Waals surface area contributed by atoms with E-state index < -0.39 is 0 Å². The third kappa shape index (κ3) is 5.40. The molecule has 1 fully saturated rings. The first-order valence-corrected chi connectivity index (χ1v) is 12.5. The summed E-state index contributed by atoms with van der Waals surface area (Å²) in [5.41, 5.74) is 5.89. The first kappa shape index (κ1) is 24.0. The first-order valence-electron chi connectivity index (χ1n) is 12.5. The Morgan fingerprint density at radius 3 is 2.31 bits per heavy atom. The number of nitrogens with zero attached hydrogens (tertiary/aromatic N) is 3. The van der Waals surface area contributed by atoms with Gasteiger partial charge in [0.25, 0.3) is 0 Å². The molecule has 0 saturated carbocycles. The molecule has 0 N–H and O–H groups in total. The van der Waals surface area contributed by atoms with Crippen molar-refractivity contribution in [3.8, 4) is 11.1 Å². The molecule has 0 spiro atoms. The Labute approximate surface area is 214 Å². The van der Waals surface area contributed by atoms with Gasteiger partial charge >= 0.3 is 0 Å².